The van der Waals surface area contributed by atoms with Crippen LogP contribution in [0.25, 0.3) is 5.69 Å². The van der Waals surface area contributed by atoms with E-state index >= 15 is 0 Å². The predicted octanol–water partition coefficient (Wildman–Crippen LogP) is 3.49. The molecule has 0 bridgehead atoms. The molecule has 3 rings (SSSR count). The summed E-state index contributed by atoms with van der Waals surface area (Å²) in [6.45, 7) is 0.432. The summed E-state index contributed by atoms with van der Waals surface area (Å²) in [6, 6.07) is 5.95. The van der Waals surface area contributed by atoms with Crippen molar-refractivity contribution < 1.29 is 9.18 Å². The number of hydrogen-bond donors (Lipinski definition) is 2. The monoisotopic (exact) mass is 402 g/mol. The van der Waals surface area contributed by atoms with Gasteiger partial charge in [0.2, 0.25) is 0 Å². The van der Waals surface area contributed by atoms with E-state index in [1.807, 2.05) is 0 Å². The van der Waals surface area contributed by atoms with Crippen molar-refractivity contribution in [3.05, 3.63) is 48.3 Å². The Labute approximate surface area is 165 Å². The smallest absolute Gasteiger partial charge is 0.270 e. The molecule has 5 nitrogen and oxygen atoms in total. The van der Waals surface area contributed by atoms with E-state index in [1.54, 1.807) is 23.0 Å². The molecule has 2 aromatic rings. The third kappa shape index (κ3) is 5.19. The lowest BCUT2D eigenvalue weighted by atomic mass is 9.84. The molecule has 1 amide bonds. The first-order chi connectivity index (χ1) is 11.7. The molecule has 1 aromatic carbocycles. The van der Waals surface area contributed by atoms with Crippen molar-refractivity contribution in [3.8, 4) is 5.69 Å². The molecule has 26 heavy (non-hydrogen) atoms. The number of imidazole rings is 1. The summed E-state index contributed by atoms with van der Waals surface area (Å²) in [6.07, 6.45) is 8.96. The molecule has 1 aliphatic rings. The van der Waals surface area contributed by atoms with Crippen molar-refractivity contribution in [1.29, 1.82) is 0 Å². The van der Waals surface area contributed by atoms with Crippen LogP contribution in [0.1, 0.15) is 42.6 Å². The van der Waals surface area contributed by atoms with E-state index in [0.717, 1.165) is 12.8 Å². The number of hydrogen-bond acceptors (Lipinski definition) is 3. The number of carbonyl (C=O) groups excluding carboxylic acids is 1. The lowest BCUT2D eigenvalue weighted by Crippen LogP contribution is -2.46. The number of carbonyl (C=O) groups is 1. The number of amides is 1. The van der Waals surface area contributed by atoms with Crippen LogP contribution in [-0.2, 0) is 0 Å². The van der Waals surface area contributed by atoms with E-state index in [9.17, 15) is 9.18 Å². The van der Waals surface area contributed by atoms with Gasteiger partial charge >= 0.3 is 0 Å². The number of nitrogens with one attached hydrogen (secondary N) is 1. The molecule has 1 fully saturated rings. The van der Waals surface area contributed by atoms with Crippen molar-refractivity contribution in [1.82, 2.24) is 14.9 Å². The standard InChI is InChI=1S/C18H23FN4O.2ClH/c19-14-6-8-15(9-7-14)23-12-21-11-17(23)18(24)22-16(10-20)13-4-2-1-3-5-13;;/h6-9,11-13,16H,1-5,10,20H2,(H,22,24);2*1H. The first kappa shape index (κ1) is 22.4. The van der Waals surface area contributed by atoms with Crippen LogP contribution in [-0.4, -0.2) is 28.0 Å². The molecule has 3 N–H and O–H groups in total. The molecule has 1 unspecified atom stereocenters. The Bertz CT molecular complexity index is 687. The highest BCUT2D eigenvalue weighted by atomic mass is 35.5. The zero-order valence-corrected chi connectivity index (χ0v) is 16.1. The van der Waals surface area contributed by atoms with Gasteiger partial charge in [-0.05, 0) is 43.0 Å². The third-order valence-corrected chi connectivity index (χ3v) is 4.77. The Kier molecular flexibility index (Phi) is 9.05. The van der Waals surface area contributed by atoms with E-state index in [2.05, 4.69) is 10.3 Å². The Morgan fingerprint density at radius 3 is 2.50 bits per heavy atom. The maximum absolute atomic E-state index is 13.1. The molecular formula is C18H25Cl2FN4O. The minimum absolute atomic E-state index is 0. The predicted molar refractivity (Wildman–Crippen MR) is 105 cm³/mol. The van der Waals surface area contributed by atoms with Gasteiger partial charge in [-0.2, -0.15) is 0 Å². The van der Waals surface area contributed by atoms with Gasteiger partial charge in [0.05, 0.1) is 12.5 Å². The maximum atomic E-state index is 13.1. The van der Waals surface area contributed by atoms with Crippen LogP contribution in [0.2, 0.25) is 0 Å². The maximum Gasteiger partial charge on any atom is 0.270 e. The van der Waals surface area contributed by atoms with E-state index in [1.165, 1.54) is 37.6 Å². The summed E-state index contributed by atoms with van der Waals surface area (Å²) in [4.78, 5) is 16.7. The second-order valence-corrected chi connectivity index (χ2v) is 6.34. The molecule has 0 spiro atoms. The van der Waals surface area contributed by atoms with Gasteiger partial charge in [0.1, 0.15) is 11.5 Å². The van der Waals surface area contributed by atoms with Crippen LogP contribution in [0.3, 0.4) is 0 Å². The number of aromatic nitrogens is 2. The summed E-state index contributed by atoms with van der Waals surface area (Å²) in [5.74, 6) is -0.0712. The fraction of sp³-hybridized carbons (Fsp3) is 0.444. The van der Waals surface area contributed by atoms with Crippen LogP contribution >= 0.6 is 24.8 Å². The van der Waals surface area contributed by atoms with E-state index < -0.39 is 0 Å². The average Bonchev–Trinajstić information content (AvgIpc) is 3.10. The highest BCUT2D eigenvalue weighted by Crippen LogP contribution is 2.26. The molecule has 8 heteroatoms. The zero-order valence-electron chi connectivity index (χ0n) is 14.4. The Morgan fingerprint density at radius 1 is 1.23 bits per heavy atom. The van der Waals surface area contributed by atoms with E-state index in [0.29, 0.717) is 23.8 Å². The van der Waals surface area contributed by atoms with Crippen molar-refractivity contribution >= 4 is 30.7 Å². The first-order valence-electron chi connectivity index (χ1n) is 8.48. The minimum atomic E-state index is -0.314. The number of nitrogens with zero attached hydrogens (tertiary/aromatic N) is 2. The summed E-state index contributed by atoms with van der Waals surface area (Å²) in [5.41, 5.74) is 7.01. The van der Waals surface area contributed by atoms with Gasteiger partial charge in [-0.1, -0.05) is 19.3 Å². The minimum Gasteiger partial charge on any atom is -0.346 e. The molecule has 1 aliphatic carbocycles. The number of rotatable bonds is 5. The van der Waals surface area contributed by atoms with Gasteiger partial charge < -0.3 is 11.1 Å². The van der Waals surface area contributed by atoms with Gasteiger partial charge in [-0.3, -0.25) is 9.36 Å². The van der Waals surface area contributed by atoms with Gasteiger partial charge in [-0.15, -0.1) is 24.8 Å². The van der Waals surface area contributed by atoms with Crippen LogP contribution < -0.4 is 11.1 Å². The quantitative estimate of drug-likeness (QED) is 0.803. The highest BCUT2D eigenvalue weighted by Gasteiger charge is 2.25. The first-order valence-corrected chi connectivity index (χ1v) is 8.48. The molecule has 1 saturated carbocycles. The van der Waals surface area contributed by atoms with E-state index in [-0.39, 0.29) is 42.6 Å². The molecule has 1 heterocycles. The lowest BCUT2D eigenvalue weighted by Gasteiger charge is -2.30. The second-order valence-electron chi connectivity index (χ2n) is 6.34. The van der Waals surface area contributed by atoms with Crippen molar-refractivity contribution in [2.45, 2.75) is 38.1 Å². The van der Waals surface area contributed by atoms with Crippen LogP contribution in [0.5, 0.6) is 0 Å². The molecule has 0 radical (unpaired) electrons. The summed E-state index contributed by atoms with van der Waals surface area (Å²) >= 11 is 0. The van der Waals surface area contributed by atoms with E-state index in [4.69, 9.17) is 5.73 Å². The SMILES string of the molecule is Cl.Cl.NCC(NC(=O)c1cncn1-c1ccc(F)cc1)C1CCCCC1. The number of halogens is 3. The van der Waals surface area contributed by atoms with Gasteiger partial charge in [0.15, 0.2) is 0 Å². The Morgan fingerprint density at radius 2 is 1.88 bits per heavy atom. The van der Waals surface area contributed by atoms with Gasteiger partial charge in [0, 0.05) is 18.3 Å². The van der Waals surface area contributed by atoms with Crippen molar-refractivity contribution in [3.63, 3.8) is 0 Å². The second kappa shape index (κ2) is 10.5. The van der Waals surface area contributed by atoms with Gasteiger partial charge in [0.25, 0.3) is 5.91 Å². The van der Waals surface area contributed by atoms with Crippen LogP contribution in [0.15, 0.2) is 36.8 Å². The van der Waals surface area contributed by atoms with Crippen molar-refractivity contribution in [2.75, 3.05) is 6.54 Å². The molecule has 0 saturated heterocycles. The Balaban J connectivity index is 0.00000169. The average molecular weight is 403 g/mol. The van der Waals surface area contributed by atoms with Crippen LogP contribution in [0.4, 0.5) is 4.39 Å². The fourth-order valence-corrected chi connectivity index (χ4v) is 3.42. The molecule has 1 aromatic heterocycles. The highest BCUT2D eigenvalue weighted by molar-refractivity contribution is 5.93. The van der Waals surface area contributed by atoms with Crippen LogP contribution in [0, 0.1) is 11.7 Å². The molecule has 0 aliphatic heterocycles. The topological polar surface area (TPSA) is 72.9 Å². The largest absolute Gasteiger partial charge is 0.346 e. The molecule has 144 valence electrons. The summed E-state index contributed by atoms with van der Waals surface area (Å²) in [5, 5.41) is 3.06. The normalized spacial score (nSPS) is 15.5. The fourth-order valence-electron chi connectivity index (χ4n) is 3.42. The number of benzene rings is 1. The molecule has 1 atom stereocenters. The van der Waals surface area contributed by atoms with Gasteiger partial charge in [-0.25, -0.2) is 9.37 Å². The Hall–Kier alpha value is -1.63. The summed E-state index contributed by atoms with van der Waals surface area (Å²) < 4.78 is 14.7. The third-order valence-electron chi connectivity index (χ3n) is 4.77. The molecular weight excluding hydrogens is 378 g/mol. The van der Waals surface area contributed by atoms with Crippen molar-refractivity contribution in [2.24, 2.45) is 11.7 Å². The number of nitrogens with two attached hydrogens (primary N) is 1. The lowest BCUT2D eigenvalue weighted by molar-refractivity contribution is 0.0908. The summed E-state index contributed by atoms with van der Waals surface area (Å²) in [7, 11) is 0. The zero-order chi connectivity index (χ0) is 16.9.